The molecule has 1 aromatic rings. The molecule has 0 spiro atoms. The molecule has 0 radical (unpaired) electrons. The molecule has 0 aliphatic carbocycles. The Morgan fingerprint density at radius 1 is 1.35 bits per heavy atom. The van der Waals surface area contributed by atoms with Crippen LogP contribution in [0, 0.1) is 5.92 Å². The van der Waals surface area contributed by atoms with Crippen molar-refractivity contribution in [2.24, 2.45) is 5.92 Å². The maximum Gasteiger partial charge on any atom is 0.308 e. The molecule has 1 aliphatic rings. The first kappa shape index (κ1) is 15.8. The lowest BCUT2D eigenvalue weighted by Crippen LogP contribution is -2.40. The van der Waals surface area contributed by atoms with Crippen LogP contribution in [0.5, 0.6) is 0 Å². The number of nitrogens with zero attached hydrogens (tertiary/aromatic N) is 1. The highest BCUT2D eigenvalue weighted by molar-refractivity contribution is 9.10. The maximum absolute atomic E-state index is 11.6. The molecule has 1 fully saturated rings. The Labute approximate surface area is 133 Å². The fourth-order valence-corrected chi connectivity index (χ4v) is 3.62. The van der Waals surface area contributed by atoms with Gasteiger partial charge in [0.25, 0.3) is 0 Å². The molecule has 0 aromatic heterocycles. The predicted molar refractivity (Wildman–Crippen MR) is 84.3 cm³/mol. The van der Waals surface area contributed by atoms with E-state index in [9.17, 15) is 9.90 Å². The van der Waals surface area contributed by atoms with Crippen molar-refractivity contribution in [3.05, 3.63) is 33.3 Å². The number of hydrogen-bond acceptors (Lipinski definition) is 2. The van der Waals surface area contributed by atoms with E-state index in [4.69, 9.17) is 11.6 Å². The molecule has 0 saturated carbocycles. The second-order valence-electron chi connectivity index (χ2n) is 6.33. The molecule has 110 valence electrons. The van der Waals surface area contributed by atoms with Crippen molar-refractivity contribution in [3.8, 4) is 0 Å². The van der Waals surface area contributed by atoms with Gasteiger partial charge in [-0.25, -0.2) is 0 Å². The molecule has 2 rings (SSSR count). The Morgan fingerprint density at radius 3 is 2.50 bits per heavy atom. The van der Waals surface area contributed by atoms with E-state index in [-0.39, 0.29) is 17.4 Å². The standard InChI is InChI=1S/C15H19BrClNO2/c1-15(2,3)18-7-12(13(8-18)14(19)20)9-4-10(16)6-11(17)5-9/h4-6,12-13H,7-8H2,1-3H3,(H,19,20)/t12-,13+/m1/s1. The summed E-state index contributed by atoms with van der Waals surface area (Å²) in [6, 6.07) is 5.66. The molecule has 0 unspecified atom stereocenters. The number of rotatable bonds is 2. The number of halogens is 2. The minimum atomic E-state index is -0.738. The highest BCUT2D eigenvalue weighted by atomic mass is 79.9. The molecule has 3 nitrogen and oxygen atoms in total. The van der Waals surface area contributed by atoms with E-state index in [1.54, 1.807) is 0 Å². The number of carbonyl (C=O) groups is 1. The van der Waals surface area contributed by atoms with Gasteiger partial charge in [0.05, 0.1) is 5.92 Å². The van der Waals surface area contributed by atoms with Crippen LogP contribution in [0.25, 0.3) is 0 Å². The first-order valence-corrected chi connectivity index (χ1v) is 7.79. The fourth-order valence-electron chi connectivity index (χ4n) is 2.73. The average Bonchev–Trinajstić information content (AvgIpc) is 2.71. The summed E-state index contributed by atoms with van der Waals surface area (Å²) < 4.78 is 0.887. The van der Waals surface area contributed by atoms with Gasteiger partial charge in [0.15, 0.2) is 0 Å². The van der Waals surface area contributed by atoms with Crippen LogP contribution in [0.1, 0.15) is 32.3 Å². The lowest BCUT2D eigenvalue weighted by molar-refractivity contribution is -0.141. The van der Waals surface area contributed by atoms with Crippen molar-refractivity contribution in [2.75, 3.05) is 13.1 Å². The number of benzene rings is 1. The van der Waals surface area contributed by atoms with Crippen molar-refractivity contribution >= 4 is 33.5 Å². The van der Waals surface area contributed by atoms with E-state index in [1.807, 2.05) is 18.2 Å². The SMILES string of the molecule is CC(C)(C)N1C[C@H](C(=O)O)[C@@H](c2cc(Cl)cc(Br)c2)C1. The largest absolute Gasteiger partial charge is 0.481 e. The van der Waals surface area contributed by atoms with Crippen molar-refractivity contribution in [1.29, 1.82) is 0 Å². The number of carboxylic acid groups (broad SMARTS) is 1. The molecule has 1 heterocycles. The van der Waals surface area contributed by atoms with Crippen LogP contribution >= 0.6 is 27.5 Å². The van der Waals surface area contributed by atoms with Gasteiger partial charge in [0.2, 0.25) is 0 Å². The third kappa shape index (κ3) is 3.35. The van der Waals surface area contributed by atoms with E-state index < -0.39 is 5.97 Å². The van der Waals surface area contributed by atoms with E-state index in [1.165, 1.54) is 0 Å². The summed E-state index contributed by atoms with van der Waals surface area (Å²) in [6.45, 7) is 7.66. The number of carboxylic acids is 1. The molecular formula is C15H19BrClNO2. The quantitative estimate of drug-likeness (QED) is 0.866. The Hall–Kier alpha value is -0.580. The van der Waals surface area contributed by atoms with Crippen molar-refractivity contribution in [3.63, 3.8) is 0 Å². The van der Waals surface area contributed by atoms with Crippen molar-refractivity contribution in [1.82, 2.24) is 4.90 Å². The molecule has 1 saturated heterocycles. The van der Waals surface area contributed by atoms with Gasteiger partial charge < -0.3 is 5.11 Å². The van der Waals surface area contributed by atoms with Crippen molar-refractivity contribution < 1.29 is 9.90 Å². The Bertz CT molecular complexity index is 507. The zero-order chi connectivity index (χ0) is 15.1. The maximum atomic E-state index is 11.6. The lowest BCUT2D eigenvalue weighted by Gasteiger charge is -2.31. The minimum Gasteiger partial charge on any atom is -0.481 e. The van der Waals surface area contributed by atoms with E-state index in [2.05, 4.69) is 41.6 Å². The smallest absolute Gasteiger partial charge is 0.308 e. The molecule has 1 aromatic carbocycles. The van der Waals surface area contributed by atoms with Crippen LogP contribution < -0.4 is 0 Å². The molecule has 1 aliphatic heterocycles. The first-order valence-electron chi connectivity index (χ1n) is 6.62. The second-order valence-corrected chi connectivity index (χ2v) is 7.68. The molecule has 0 amide bonds. The van der Waals surface area contributed by atoms with Gasteiger partial charge in [-0.2, -0.15) is 0 Å². The third-order valence-corrected chi connectivity index (χ3v) is 4.57. The summed E-state index contributed by atoms with van der Waals surface area (Å²) in [5.74, 6) is -1.15. The minimum absolute atomic E-state index is 0.0262. The fraction of sp³-hybridized carbons (Fsp3) is 0.533. The van der Waals surface area contributed by atoms with Gasteiger partial charge in [0, 0.05) is 34.0 Å². The monoisotopic (exact) mass is 359 g/mol. The van der Waals surface area contributed by atoms with Gasteiger partial charge in [-0.15, -0.1) is 0 Å². The van der Waals surface area contributed by atoms with Crippen LogP contribution in [0.3, 0.4) is 0 Å². The normalized spacial score (nSPS) is 24.1. The van der Waals surface area contributed by atoms with Gasteiger partial charge >= 0.3 is 5.97 Å². The van der Waals surface area contributed by atoms with Gasteiger partial charge in [-0.05, 0) is 44.5 Å². The number of likely N-dealkylation sites (tertiary alicyclic amines) is 1. The average molecular weight is 361 g/mol. The molecule has 0 bridgehead atoms. The summed E-state index contributed by atoms with van der Waals surface area (Å²) >= 11 is 9.52. The summed E-state index contributed by atoms with van der Waals surface area (Å²) in [7, 11) is 0. The zero-order valence-electron chi connectivity index (χ0n) is 11.9. The topological polar surface area (TPSA) is 40.5 Å². The first-order chi connectivity index (χ1) is 9.18. The third-order valence-electron chi connectivity index (χ3n) is 3.90. The van der Waals surface area contributed by atoms with Crippen LogP contribution in [-0.4, -0.2) is 34.6 Å². The second kappa shape index (κ2) is 5.66. The van der Waals surface area contributed by atoms with Gasteiger partial charge in [-0.3, -0.25) is 9.69 Å². The Balaban J connectivity index is 2.35. The van der Waals surface area contributed by atoms with E-state index >= 15 is 0 Å². The molecule has 20 heavy (non-hydrogen) atoms. The summed E-state index contributed by atoms with van der Waals surface area (Å²) in [5.41, 5.74) is 0.960. The van der Waals surface area contributed by atoms with E-state index in [0.29, 0.717) is 11.6 Å². The number of hydrogen-bond donors (Lipinski definition) is 1. The van der Waals surface area contributed by atoms with Gasteiger partial charge in [-0.1, -0.05) is 27.5 Å². The Morgan fingerprint density at radius 2 is 2.00 bits per heavy atom. The van der Waals surface area contributed by atoms with Crippen molar-refractivity contribution in [2.45, 2.75) is 32.2 Å². The predicted octanol–water partition coefficient (Wildman–Crippen LogP) is 4.00. The molecular weight excluding hydrogens is 342 g/mol. The summed E-state index contributed by atoms with van der Waals surface area (Å²) in [5, 5.41) is 10.1. The van der Waals surface area contributed by atoms with Crippen LogP contribution in [0.2, 0.25) is 5.02 Å². The molecule has 2 atom stereocenters. The number of aliphatic carboxylic acids is 1. The van der Waals surface area contributed by atoms with Gasteiger partial charge in [0.1, 0.15) is 0 Å². The highest BCUT2D eigenvalue weighted by Gasteiger charge is 2.42. The summed E-state index contributed by atoms with van der Waals surface area (Å²) in [6.07, 6.45) is 0. The zero-order valence-corrected chi connectivity index (χ0v) is 14.2. The van der Waals surface area contributed by atoms with Crippen LogP contribution in [-0.2, 0) is 4.79 Å². The van der Waals surface area contributed by atoms with E-state index in [0.717, 1.165) is 16.6 Å². The molecule has 5 heteroatoms. The Kier molecular flexibility index (Phi) is 4.47. The lowest BCUT2D eigenvalue weighted by atomic mass is 9.89. The van der Waals surface area contributed by atoms with Crippen LogP contribution in [0.15, 0.2) is 22.7 Å². The molecule has 1 N–H and O–H groups in total. The van der Waals surface area contributed by atoms with Crippen LogP contribution in [0.4, 0.5) is 0 Å². The summed E-state index contributed by atoms with van der Waals surface area (Å²) in [4.78, 5) is 13.8. The highest BCUT2D eigenvalue weighted by Crippen LogP contribution is 2.38.